The zero-order valence-corrected chi connectivity index (χ0v) is 34.0. The fourth-order valence-corrected chi connectivity index (χ4v) is 9.49. The summed E-state index contributed by atoms with van der Waals surface area (Å²) in [6.45, 7) is 3.90. The van der Waals surface area contributed by atoms with Gasteiger partial charge < -0.3 is 15.1 Å². The number of Topliss-reactive ketones (excluding diaryl/α,β-unsaturated/α-hetero) is 1. The highest BCUT2D eigenvalue weighted by Crippen LogP contribution is 2.38. The standard InChI is InChI=1S/C43H46F2N10O6/c1-25(56)32-19-26-21-47-42(49-37(26)54(39(32)59)28-5-3-4-6-28)48-35-11-8-30(22-46-35)52-17-15-51(16-18-52)23-27-13-14-53(24-43(27,44)45)29-7-9-31-33(20-29)40(60)55(38(31)58)34-10-12-36(57)50(2)41(34)61/h7-9,11,19-22,27-28,34H,3-6,10,12-18,23-24H2,1-2H3,(H,46,47,48,49). The number of imide groups is 2. The molecule has 9 rings (SSSR count). The first kappa shape index (κ1) is 40.2. The zero-order chi connectivity index (χ0) is 42.7. The van der Waals surface area contributed by atoms with E-state index in [1.165, 1.54) is 26.1 Å². The Labute approximate surface area is 349 Å². The highest BCUT2D eigenvalue weighted by Gasteiger charge is 2.48. The number of amides is 4. The predicted octanol–water partition coefficient (Wildman–Crippen LogP) is 4.28. The number of hydrogen-bond acceptors (Lipinski definition) is 13. The van der Waals surface area contributed by atoms with E-state index in [1.807, 2.05) is 12.1 Å². The lowest BCUT2D eigenvalue weighted by Crippen LogP contribution is -2.55. The van der Waals surface area contributed by atoms with Crippen LogP contribution in [0.3, 0.4) is 0 Å². The zero-order valence-electron chi connectivity index (χ0n) is 34.0. The summed E-state index contributed by atoms with van der Waals surface area (Å²) in [6.07, 6.45) is 7.36. The number of carbonyl (C=O) groups excluding carboxylic acids is 5. The van der Waals surface area contributed by atoms with Crippen LogP contribution >= 0.6 is 0 Å². The maximum Gasteiger partial charge on any atom is 0.269 e. The highest BCUT2D eigenvalue weighted by atomic mass is 19.3. The van der Waals surface area contributed by atoms with Crippen molar-refractivity contribution in [3.8, 4) is 0 Å². The Bertz CT molecular complexity index is 2520. The minimum atomic E-state index is -3.01. The number of alkyl halides is 2. The van der Waals surface area contributed by atoms with Gasteiger partial charge in [0.05, 0.1) is 35.1 Å². The first-order chi connectivity index (χ1) is 29.3. The molecule has 3 saturated heterocycles. The van der Waals surface area contributed by atoms with Crippen LogP contribution in [0.4, 0.5) is 31.9 Å². The smallest absolute Gasteiger partial charge is 0.269 e. The molecule has 1 aliphatic carbocycles. The maximum absolute atomic E-state index is 15.8. The maximum atomic E-state index is 15.8. The number of aromatic nitrogens is 4. The summed E-state index contributed by atoms with van der Waals surface area (Å²) in [6, 6.07) is 8.68. The van der Waals surface area contributed by atoms with E-state index in [2.05, 4.69) is 30.1 Å². The first-order valence-corrected chi connectivity index (χ1v) is 20.9. The second-order valence-electron chi connectivity index (χ2n) is 16.7. The average molecular weight is 837 g/mol. The predicted molar refractivity (Wildman–Crippen MR) is 220 cm³/mol. The van der Waals surface area contributed by atoms with Crippen LogP contribution in [0.2, 0.25) is 0 Å². The van der Waals surface area contributed by atoms with Crippen molar-refractivity contribution < 1.29 is 32.8 Å². The van der Waals surface area contributed by atoms with Crippen LogP contribution in [0.25, 0.3) is 11.0 Å². The molecule has 7 heterocycles. The summed E-state index contributed by atoms with van der Waals surface area (Å²) in [7, 11) is 1.32. The van der Waals surface area contributed by atoms with Gasteiger partial charge in [-0.15, -0.1) is 0 Å². The largest absolute Gasteiger partial charge is 0.368 e. The minimum absolute atomic E-state index is 0.0277. The fourth-order valence-electron chi connectivity index (χ4n) is 9.49. The number of piperidine rings is 2. The molecule has 61 heavy (non-hydrogen) atoms. The molecule has 18 heteroatoms. The first-order valence-electron chi connectivity index (χ1n) is 20.9. The fraction of sp³-hybridized carbons (Fsp3) is 0.465. The Balaban J connectivity index is 0.794. The summed E-state index contributed by atoms with van der Waals surface area (Å²) >= 11 is 0. The van der Waals surface area contributed by atoms with E-state index in [0.29, 0.717) is 55.3 Å². The van der Waals surface area contributed by atoms with Gasteiger partial charge in [0, 0.05) is 82.0 Å². The number of nitrogens with one attached hydrogen (secondary N) is 1. The second-order valence-corrected chi connectivity index (χ2v) is 16.7. The van der Waals surface area contributed by atoms with Gasteiger partial charge >= 0.3 is 0 Å². The van der Waals surface area contributed by atoms with Gasteiger partial charge in [0.15, 0.2) is 5.78 Å². The molecule has 3 aromatic heterocycles. The molecule has 1 N–H and O–H groups in total. The van der Waals surface area contributed by atoms with Crippen LogP contribution in [-0.4, -0.2) is 128 Å². The number of likely N-dealkylation sites (tertiary alicyclic amines) is 1. The number of halogens is 2. The van der Waals surface area contributed by atoms with E-state index < -0.39 is 42.1 Å². The van der Waals surface area contributed by atoms with Crippen molar-refractivity contribution >= 4 is 63.6 Å². The molecule has 4 aliphatic heterocycles. The Morgan fingerprint density at radius 2 is 1.57 bits per heavy atom. The lowest BCUT2D eigenvalue weighted by atomic mass is 9.91. The van der Waals surface area contributed by atoms with Crippen molar-refractivity contribution in [2.75, 3.05) is 68.0 Å². The average Bonchev–Trinajstić information content (AvgIpc) is 3.87. The Morgan fingerprint density at radius 3 is 2.28 bits per heavy atom. The quantitative estimate of drug-likeness (QED) is 0.187. The van der Waals surface area contributed by atoms with Crippen LogP contribution in [0, 0.1) is 5.92 Å². The summed E-state index contributed by atoms with van der Waals surface area (Å²) in [5, 5.41) is 3.75. The lowest BCUT2D eigenvalue weighted by molar-refractivity contribution is -0.149. The molecule has 4 amide bonds. The number of fused-ring (bicyclic) bond motifs is 2. The van der Waals surface area contributed by atoms with Crippen LogP contribution < -0.4 is 20.7 Å². The van der Waals surface area contributed by atoms with Crippen LogP contribution in [0.5, 0.6) is 0 Å². The monoisotopic (exact) mass is 836 g/mol. The van der Waals surface area contributed by atoms with E-state index in [0.717, 1.165) is 41.2 Å². The molecule has 0 bridgehead atoms. The summed E-state index contributed by atoms with van der Waals surface area (Å²) in [5.41, 5.74) is 1.75. The molecule has 4 fully saturated rings. The van der Waals surface area contributed by atoms with E-state index in [4.69, 9.17) is 0 Å². The van der Waals surface area contributed by atoms with Gasteiger partial charge in [-0.1, -0.05) is 12.8 Å². The Hall–Kier alpha value is -6.17. The SMILES string of the molecule is CC(=O)c1cc2cnc(Nc3ccc(N4CCN(CC5CCN(c6ccc7c(c6)C(=O)N(C6CCC(=O)N(C)C6=O)C7=O)CC5(F)F)CC4)cn3)nc2n(C2CCCC2)c1=O. The molecule has 1 aromatic carbocycles. The third-order valence-electron chi connectivity index (χ3n) is 13.0. The molecule has 5 aliphatic rings. The molecule has 318 valence electrons. The molecular weight excluding hydrogens is 791 g/mol. The van der Waals surface area contributed by atoms with E-state index in [9.17, 15) is 28.8 Å². The van der Waals surface area contributed by atoms with Gasteiger partial charge in [0.25, 0.3) is 29.2 Å². The normalized spacial score (nSPS) is 22.4. The van der Waals surface area contributed by atoms with E-state index in [-0.39, 0.29) is 71.7 Å². The van der Waals surface area contributed by atoms with Crippen LogP contribution in [-0.2, 0) is 9.59 Å². The van der Waals surface area contributed by atoms with Gasteiger partial charge in [-0.2, -0.15) is 4.98 Å². The van der Waals surface area contributed by atoms with Crippen molar-refractivity contribution in [2.45, 2.75) is 69.9 Å². The van der Waals surface area contributed by atoms with Crippen molar-refractivity contribution in [3.63, 3.8) is 0 Å². The number of pyridine rings is 2. The minimum Gasteiger partial charge on any atom is -0.368 e. The Morgan fingerprint density at radius 1 is 0.836 bits per heavy atom. The molecule has 0 radical (unpaired) electrons. The lowest BCUT2D eigenvalue weighted by Gasteiger charge is -2.43. The molecule has 1 saturated carbocycles. The number of piperazine rings is 1. The molecule has 4 aromatic rings. The van der Waals surface area contributed by atoms with E-state index in [1.54, 1.807) is 34.0 Å². The molecule has 0 spiro atoms. The van der Waals surface area contributed by atoms with Gasteiger partial charge in [-0.05, 0) is 69.0 Å². The van der Waals surface area contributed by atoms with Crippen molar-refractivity contribution in [1.29, 1.82) is 0 Å². The number of ketones is 1. The number of carbonyl (C=O) groups is 5. The number of nitrogens with zero attached hydrogens (tertiary/aromatic N) is 9. The summed E-state index contributed by atoms with van der Waals surface area (Å²) in [4.78, 5) is 98.4. The number of rotatable bonds is 9. The van der Waals surface area contributed by atoms with Crippen molar-refractivity contribution in [3.05, 3.63) is 75.8 Å². The highest BCUT2D eigenvalue weighted by molar-refractivity contribution is 6.23. The number of benzene rings is 1. The molecule has 2 unspecified atom stereocenters. The third-order valence-corrected chi connectivity index (χ3v) is 13.0. The van der Waals surface area contributed by atoms with E-state index >= 15 is 8.78 Å². The molecular formula is C43H46F2N10O6. The second kappa shape index (κ2) is 15.7. The molecule has 16 nitrogen and oxygen atoms in total. The third kappa shape index (κ3) is 7.40. The number of likely N-dealkylation sites (N-methyl/N-ethyl adjacent to an activating group) is 1. The number of anilines is 4. The number of hydrogen-bond donors (Lipinski definition) is 1. The van der Waals surface area contributed by atoms with Gasteiger partial charge in [0.1, 0.15) is 17.5 Å². The molecule has 2 atom stereocenters. The van der Waals surface area contributed by atoms with Crippen LogP contribution in [0.1, 0.15) is 89.0 Å². The van der Waals surface area contributed by atoms with Gasteiger partial charge in [-0.25, -0.2) is 18.7 Å². The van der Waals surface area contributed by atoms with Gasteiger partial charge in [0.2, 0.25) is 11.9 Å². The summed E-state index contributed by atoms with van der Waals surface area (Å²) < 4.78 is 33.3. The topological polar surface area (TPSA) is 174 Å². The van der Waals surface area contributed by atoms with Crippen molar-refractivity contribution in [1.82, 2.24) is 34.2 Å². The van der Waals surface area contributed by atoms with Gasteiger partial charge in [-0.3, -0.25) is 48.0 Å². The Kier molecular flexibility index (Phi) is 10.4. The summed E-state index contributed by atoms with van der Waals surface area (Å²) in [5.74, 6) is -5.68. The van der Waals surface area contributed by atoms with Crippen molar-refractivity contribution in [2.24, 2.45) is 5.92 Å². The van der Waals surface area contributed by atoms with Crippen LogP contribution in [0.15, 0.2) is 53.6 Å².